The van der Waals surface area contributed by atoms with Gasteiger partial charge in [0.05, 0.1) is 0 Å². The van der Waals surface area contributed by atoms with Gasteiger partial charge in [0.15, 0.2) is 0 Å². The van der Waals surface area contributed by atoms with Crippen molar-refractivity contribution in [2.24, 2.45) is 0 Å². The first-order valence-corrected chi connectivity index (χ1v) is 6.18. The molecule has 0 N–H and O–H groups in total. The van der Waals surface area contributed by atoms with Gasteiger partial charge in [-0.25, -0.2) is 0 Å². The number of aryl methyl sites for hydroxylation is 2. The molecular weight excluding hydrogens is 221 g/mol. The summed E-state index contributed by atoms with van der Waals surface area (Å²) in [5.41, 5.74) is 2.68. The summed E-state index contributed by atoms with van der Waals surface area (Å²) in [5, 5.41) is 0. The summed E-state index contributed by atoms with van der Waals surface area (Å²) in [6.45, 7) is 4.21. The zero-order valence-electron chi connectivity index (χ0n) is 6.72. The molecule has 0 saturated heterocycles. The second-order valence-corrected chi connectivity index (χ2v) is 2.16. The zero-order chi connectivity index (χ0) is 7.98. The molecule has 0 unspecified atom stereocenters. The van der Waals surface area contributed by atoms with E-state index < -0.39 is 0 Å². The van der Waals surface area contributed by atoms with Crippen LogP contribution >= 0.6 is 0 Å². The molecular formula is C9H12Cd. The van der Waals surface area contributed by atoms with E-state index in [1.807, 2.05) is 0 Å². The third kappa shape index (κ3) is 3.93. The summed E-state index contributed by atoms with van der Waals surface area (Å²) in [6.07, 6.45) is 0. The third-order valence-corrected chi connectivity index (χ3v) is 1.17. The molecule has 0 radical (unpaired) electrons. The summed E-state index contributed by atoms with van der Waals surface area (Å²) < 4.78 is 3.42. The molecule has 1 rings (SSSR count). The van der Waals surface area contributed by atoms with E-state index in [1.54, 1.807) is 0 Å². The van der Waals surface area contributed by atoms with E-state index in [-0.39, 0.29) is 0 Å². The van der Waals surface area contributed by atoms with Crippen molar-refractivity contribution in [3.63, 3.8) is 0 Å². The summed E-state index contributed by atoms with van der Waals surface area (Å²) in [7, 11) is 0. The Bertz CT molecular complexity index is 176. The van der Waals surface area contributed by atoms with Crippen LogP contribution in [0.3, 0.4) is 0 Å². The molecule has 0 amide bonds. The molecule has 50 valence electrons. The van der Waals surface area contributed by atoms with Gasteiger partial charge in [0.2, 0.25) is 0 Å². The fraction of sp³-hybridized carbons (Fsp3) is 0.222. The molecule has 0 aromatic heterocycles. The Morgan fingerprint density at radius 2 is 1.50 bits per heavy atom. The van der Waals surface area contributed by atoms with Crippen molar-refractivity contribution in [1.29, 1.82) is 0 Å². The molecule has 1 heteroatoms. The fourth-order valence-electron chi connectivity index (χ4n) is 0.807. The first kappa shape index (κ1) is 10.0. The topological polar surface area (TPSA) is 0 Å². The monoisotopic (exact) mass is 234 g/mol. The second-order valence-electron chi connectivity index (χ2n) is 2.16. The normalized spacial score (nSPS) is 8.00. The molecule has 1 aromatic carbocycles. The van der Waals surface area contributed by atoms with E-state index in [1.165, 1.54) is 11.1 Å². The van der Waals surface area contributed by atoms with Crippen LogP contribution in [0.25, 0.3) is 0 Å². The number of rotatable bonds is 0. The van der Waals surface area contributed by atoms with Crippen molar-refractivity contribution in [1.82, 2.24) is 0 Å². The molecule has 1 aromatic rings. The van der Waals surface area contributed by atoms with E-state index >= 15 is 0 Å². The van der Waals surface area contributed by atoms with E-state index in [4.69, 9.17) is 0 Å². The zero-order valence-corrected chi connectivity index (χ0v) is 10.8. The van der Waals surface area contributed by atoms with E-state index in [0.717, 1.165) is 25.3 Å². The average Bonchev–Trinajstić information content (AvgIpc) is 1.91. The van der Waals surface area contributed by atoms with Crippen LogP contribution in [0.15, 0.2) is 24.3 Å². The molecule has 0 atom stereocenters. The van der Waals surface area contributed by atoms with Crippen molar-refractivity contribution < 1.29 is 25.3 Å². The molecule has 0 bridgehead atoms. The molecule has 0 spiro atoms. The molecule has 0 saturated carbocycles. The molecule has 0 aliphatic heterocycles. The molecule has 0 nitrogen and oxygen atoms in total. The standard InChI is InChI=1S/C8H10.CH2.Cd/c1-7-4-3-5-8(2)6-7;;/h3-6H,1-2H3;1H2;. The van der Waals surface area contributed by atoms with E-state index in [2.05, 4.69) is 42.2 Å². The summed E-state index contributed by atoms with van der Waals surface area (Å²) in [5.74, 6) is 0. The Labute approximate surface area is 78.4 Å². The summed E-state index contributed by atoms with van der Waals surface area (Å²) >= 11 is 0.900. The van der Waals surface area contributed by atoms with Gasteiger partial charge in [0.1, 0.15) is 0 Å². The fourth-order valence-corrected chi connectivity index (χ4v) is 0.807. The quantitative estimate of drug-likeness (QED) is 0.602. The van der Waals surface area contributed by atoms with Gasteiger partial charge in [-0.05, 0) is 13.8 Å². The number of benzene rings is 1. The van der Waals surface area contributed by atoms with Crippen LogP contribution in [0.5, 0.6) is 0 Å². The van der Waals surface area contributed by atoms with Crippen molar-refractivity contribution in [3.05, 3.63) is 35.4 Å². The van der Waals surface area contributed by atoms with Gasteiger partial charge in [-0.2, -0.15) is 0 Å². The molecule has 0 aliphatic carbocycles. The molecule has 0 heterocycles. The third-order valence-electron chi connectivity index (χ3n) is 1.17. The maximum absolute atomic E-state index is 3.42. The average molecular weight is 233 g/mol. The predicted octanol–water partition coefficient (Wildman–Crippen LogP) is 2.27. The van der Waals surface area contributed by atoms with Gasteiger partial charge in [0, 0.05) is 0 Å². The van der Waals surface area contributed by atoms with E-state index in [0.29, 0.717) is 0 Å². The Hall–Kier alpha value is 0.0121. The molecule has 0 aliphatic rings. The Morgan fingerprint density at radius 1 is 1.10 bits per heavy atom. The van der Waals surface area contributed by atoms with Gasteiger partial charge in [-0.1, -0.05) is 35.4 Å². The Kier molecular flexibility index (Phi) is 5.78. The Balaban J connectivity index is 0.000000371. The first-order chi connectivity index (χ1) is 4.79. The van der Waals surface area contributed by atoms with Crippen LogP contribution in [-0.2, 0) is 25.3 Å². The number of hydrogen-bond donors (Lipinski definition) is 0. The minimum absolute atomic E-state index is 0.900. The second kappa shape index (κ2) is 5.77. The van der Waals surface area contributed by atoms with Crippen LogP contribution < -0.4 is 0 Å². The SMILES string of the molecule is Cc1cccc(C)c1.[CH2]=[Cd]. The van der Waals surface area contributed by atoms with Crippen molar-refractivity contribution in [2.75, 3.05) is 0 Å². The molecule has 0 fully saturated rings. The van der Waals surface area contributed by atoms with E-state index in [9.17, 15) is 0 Å². The van der Waals surface area contributed by atoms with Crippen LogP contribution in [0.4, 0.5) is 0 Å². The molecule has 10 heavy (non-hydrogen) atoms. The van der Waals surface area contributed by atoms with Crippen LogP contribution in [-0.4, -0.2) is 4.06 Å². The first-order valence-electron chi connectivity index (χ1n) is 3.32. The summed E-state index contributed by atoms with van der Waals surface area (Å²) in [4.78, 5) is 0. The van der Waals surface area contributed by atoms with Gasteiger partial charge in [-0.3, -0.25) is 0 Å². The van der Waals surface area contributed by atoms with Gasteiger partial charge in [-0.15, -0.1) is 0 Å². The summed E-state index contributed by atoms with van der Waals surface area (Å²) in [6, 6.07) is 8.45. The van der Waals surface area contributed by atoms with Crippen molar-refractivity contribution >= 4 is 4.06 Å². The van der Waals surface area contributed by atoms with Crippen LogP contribution in [0.1, 0.15) is 11.1 Å². The van der Waals surface area contributed by atoms with Crippen molar-refractivity contribution in [3.8, 4) is 0 Å². The Morgan fingerprint density at radius 3 is 1.70 bits per heavy atom. The van der Waals surface area contributed by atoms with Crippen LogP contribution in [0, 0.1) is 13.8 Å². The minimum atomic E-state index is 0.900. The van der Waals surface area contributed by atoms with Gasteiger partial charge in [0.25, 0.3) is 0 Å². The maximum atomic E-state index is 3.42. The van der Waals surface area contributed by atoms with Gasteiger partial charge < -0.3 is 0 Å². The number of hydrogen-bond acceptors (Lipinski definition) is 0. The van der Waals surface area contributed by atoms with Gasteiger partial charge >= 0.3 is 29.3 Å². The predicted molar refractivity (Wildman–Crippen MR) is 43.0 cm³/mol. The van der Waals surface area contributed by atoms with Crippen molar-refractivity contribution in [2.45, 2.75) is 13.8 Å². The van der Waals surface area contributed by atoms with Crippen LogP contribution in [0.2, 0.25) is 0 Å².